The quantitative estimate of drug-likeness (QED) is 0.619. The van der Waals surface area contributed by atoms with E-state index in [1.54, 1.807) is 11.3 Å². The van der Waals surface area contributed by atoms with Crippen LogP contribution in [-0.4, -0.2) is 12.7 Å². The number of nitrogens with two attached hydrogens (primary N) is 1. The Morgan fingerprint density at radius 3 is 2.94 bits per heavy atom. The van der Waals surface area contributed by atoms with Gasteiger partial charge in [-0.05, 0) is 43.6 Å². The Hall–Kier alpha value is -0.130. The molecule has 0 aliphatic heterocycles. The maximum Gasteiger partial charge on any atom is 0.0580 e. The second-order valence-corrected chi connectivity index (χ2v) is 5.86. The van der Waals surface area contributed by atoms with Crippen molar-refractivity contribution in [1.29, 1.82) is 0 Å². The van der Waals surface area contributed by atoms with Crippen LogP contribution in [-0.2, 0) is 4.74 Å². The smallest absolute Gasteiger partial charge is 0.0580 e. The highest BCUT2D eigenvalue weighted by atomic mass is 35.5. The molecule has 0 amide bonds. The molecule has 0 spiro atoms. The van der Waals surface area contributed by atoms with Crippen LogP contribution in [0.4, 0.5) is 0 Å². The van der Waals surface area contributed by atoms with Crippen molar-refractivity contribution in [2.75, 3.05) is 6.61 Å². The lowest BCUT2D eigenvalue weighted by molar-refractivity contribution is -0.0290. The van der Waals surface area contributed by atoms with E-state index in [-0.39, 0.29) is 6.04 Å². The molecule has 0 saturated heterocycles. The molecule has 1 atom stereocenters. The highest BCUT2D eigenvalue weighted by molar-refractivity contribution is 7.10. The molecule has 2 rings (SSSR count). The molecule has 0 aromatic carbocycles. The Morgan fingerprint density at radius 2 is 2.41 bits per heavy atom. The lowest BCUT2D eigenvalue weighted by atomic mass is 9.78. The number of hydrogen-bond acceptors (Lipinski definition) is 4. The first-order valence-electron chi connectivity index (χ1n) is 6.05. The predicted octanol–water partition coefficient (Wildman–Crippen LogP) is 3.11. The number of hydrazine groups is 1. The lowest BCUT2D eigenvalue weighted by Crippen LogP contribution is -2.36. The van der Waals surface area contributed by atoms with Gasteiger partial charge in [-0.3, -0.25) is 11.3 Å². The molecule has 0 radical (unpaired) electrons. The zero-order valence-electron chi connectivity index (χ0n) is 9.99. The Morgan fingerprint density at radius 1 is 1.65 bits per heavy atom. The van der Waals surface area contributed by atoms with Crippen molar-refractivity contribution in [3.05, 3.63) is 21.3 Å². The fourth-order valence-corrected chi connectivity index (χ4v) is 3.64. The first kappa shape index (κ1) is 13.3. The Labute approximate surface area is 111 Å². The van der Waals surface area contributed by atoms with E-state index in [1.165, 1.54) is 0 Å². The standard InChI is InChI=1S/C12H19ClN2OS/c1-2-16-9-5-8(6-9)7-11(15-14)12-10(13)3-4-17-12/h3-4,8-9,11,15H,2,5-7,14H2,1H3. The van der Waals surface area contributed by atoms with E-state index in [0.29, 0.717) is 12.0 Å². The molecule has 1 aliphatic rings. The summed E-state index contributed by atoms with van der Waals surface area (Å²) in [5, 5.41) is 2.82. The normalized spacial score (nSPS) is 25.6. The van der Waals surface area contributed by atoms with Crippen LogP contribution >= 0.6 is 22.9 Å². The Balaban J connectivity index is 1.84. The number of ether oxygens (including phenoxy) is 1. The van der Waals surface area contributed by atoms with Crippen LogP contribution in [0.1, 0.15) is 37.1 Å². The number of nitrogens with one attached hydrogen (secondary N) is 1. The third-order valence-corrected chi connectivity index (χ3v) is 4.80. The molecule has 3 N–H and O–H groups in total. The molecule has 1 fully saturated rings. The molecular formula is C12H19ClN2OS. The third kappa shape index (κ3) is 3.20. The highest BCUT2D eigenvalue weighted by Gasteiger charge is 2.32. The topological polar surface area (TPSA) is 47.3 Å². The second-order valence-electron chi connectivity index (χ2n) is 4.50. The summed E-state index contributed by atoms with van der Waals surface area (Å²) in [5.41, 5.74) is 2.88. The van der Waals surface area contributed by atoms with Crippen LogP contribution in [0.25, 0.3) is 0 Å². The van der Waals surface area contributed by atoms with E-state index in [0.717, 1.165) is 35.8 Å². The summed E-state index contributed by atoms with van der Waals surface area (Å²) in [5.74, 6) is 6.32. The van der Waals surface area contributed by atoms with Gasteiger partial charge in [0.2, 0.25) is 0 Å². The van der Waals surface area contributed by atoms with Crippen molar-refractivity contribution in [3.63, 3.8) is 0 Å². The van der Waals surface area contributed by atoms with Crippen LogP contribution in [0.2, 0.25) is 5.02 Å². The Bertz CT molecular complexity index is 352. The van der Waals surface area contributed by atoms with E-state index < -0.39 is 0 Å². The monoisotopic (exact) mass is 274 g/mol. The van der Waals surface area contributed by atoms with Gasteiger partial charge < -0.3 is 4.74 Å². The van der Waals surface area contributed by atoms with Gasteiger partial charge in [0.25, 0.3) is 0 Å². The van der Waals surface area contributed by atoms with Crippen molar-refractivity contribution < 1.29 is 4.74 Å². The summed E-state index contributed by atoms with van der Waals surface area (Å²) in [4.78, 5) is 1.15. The summed E-state index contributed by atoms with van der Waals surface area (Å²) in [6.45, 7) is 2.86. The van der Waals surface area contributed by atoms with E-state index >= 15 is 0 Å². The van der Waals surface area contributed by atoms with E-state index in [4.69, 9.17) is 22.2 Å². The fraction of sp³-hybridized carbons (Fsp3) is 0.667. The molecule has 1 heterocycles. The molecule has 3 nitrogen and oxygen atoms in total. The van der Waals surface area contributed by atoms with Crippen molar-refractivity contribution >= 4 is 22.9 Å². The minimum Gasteiger partial charge on any atom is -0.378 e. The van der Waals surface area contributed by atoms with Crippen LogP contribution in [0, 0.1) is 5.92 Å². The van der Waals surface area contributed by atoms with Crippen LogP contribution in [0.5, 0.6) is 0 Å². The van der Waals surface area contributed by atoms with Gasteiger partial charge in [-0.25, -0.2) is 0 Å². The first-order chi connectivity index (χ1) is 8.24. The summed E-state index contributed by atoms with van der Waals surface area (Å²) in [6, 6.07) is 2.10. The van der Waals surface area contributed by atoms with Crippen LogP contribution < -0.4 is 11.3 Å². The van der Waals surface area contributed by atoms with Crippen LogP contribution in [0.15, 0.2) is 11.4 Å². The van der Waals surface area contributed by atoms with E-state index in [9.17, 15) is 0 Å². The van der Waals surface area contributed by atoms with Gasteiger partial charge in [-0.2, -0.15) is 0 Å². The van der Waals surface area contributed by atoms with E-state index in [1.807, 2.05) is 18.4 Å². The van der Waals surface area contributed by atoms with Crippen molar-refractivity contribution in [1.82, 2.24) is 5.43 Å². The minimum absolute atomic E-state index is 0.176. The molecule has 1 aliphatic carbocycles. The SMILES string of the molecule is CCOC1CC(CC(NN)c2sccc2Cl)C1. The van der Waals surface area contributed by atoms with Gasteiger partial charge in [0.1, 0.15) is 0 Å². The third-order valence-electron chi connectivity index (χ3n) is 3.33. The van der Waals surface area contributed by atoms with Gasteiger partial charge in [0, 0.05) is 11.5 Å². The molecule has 96 valence electrons. The summed E-state index contributed by atoms with van der Waals surface area (Å²) < 4.78 is 5.56. The number of hydrogen-bond donors (Lipinski definition) is 2. The second kappa shape index (κ2) is 6.16. The average Bonchev–Trinajstić information content (AvgIpc) is 2.68. The molecule has 1 unspecified atom stereocenters. The van der Waals surface area contributed by atoms with Gasteiger partial charge in [-0.15, -0.1) is 11.3 Å². The molecule has 17 heavy (non-hydrogen) atoms. The van der Waals surface area contributed by atoms with Crippen LogP contribution in [0.3, 0.4) is 0 Å². The zero-order chi connectivity index (χ0) is 12.3. The first-order valence-corrected chi connectivity index (χ1v) is 7.31. The number of rotatable bonds is 6. The van der Waals surface area contributed by atoms with Crippen molar-refractivity contribution in [3.8, 4) is 0 Å². The lowest BCUT2D eigenvalue weighted by Gasteiger charge is -2.36. The fourth-order valence-electron chi connectivity index (χ4n) is 2.38. The maximum atomic E-state index is 6.13. The minimum atomic E-state index is 0.176. The van der Waals surface area contributed by atoms with Gasteiger partial charge in [-0.1, -0.05) is 11.6 Å². The molecule has 1 aromatic heterocycles. The molecule has 5 heteroatoms. The van der Waals surface area contributed by atoms with Gasteiger partial charge in [0.15, 0.2) is 0 Å². The molecule has 1 saturated carbocycles. The average molecular weight is 275 g/mol. The van der Waals surface area contributed by atoms with E-state index in [2.05, 4.69) is 5.43 Å². The predicted molar refractivity (Wildman–Crippen MR) is 72.1 cm³/mol. The molecule has 1 aromatic rings. The summed E-state index contributed by atoms with van der Waals surface area (Å²) in [7, 11) is 0. The summed E-state index contributed by atoms with van der Waals surface area (Å²) in [6.07, 6.45) is 3.80. The molecule has 0 bridgehead atoms. The zero-order valence-corrected chi connectivity index (χ0v) is 11.6. The maximum absolute atomic E-state index is 6.13. The van der Waals surface area contributed by atoms with Crippen molar-refractivity contribution in [2.24, 2.45) is 11.8 Å². The summed E-state index contributed by atoms with van der Waals surface area (Å²) >= 11 is 7.79. The largest absolute Gasteiger partial charge is 0.378 e. The van der Waals surface area contributed by atoms with Gasteiger partial charge >= 0.3 is 0 Å². The van der Waals surface area contributed by atoms with Crippen molar-refractivity contribution in [2.45, 2.75) is 38.3 Å². The number of halogens is 1. The Kier molecular flexibility index (Phi) is 4.82. The number of thiophene rings is 1. The van der Waals surface area contributed by atoms with Gasteiger partial charge in [0.05, 0.1) is 17.2 Å². The molecular weight excluding hydrogens is 256 g/mol. The highest BCUT2D eigenvalue weighted by Crippen LogP contribution is 2.39.